The number of hydrogen-bond acceptors (Lipinski definition) is 3. The van der Waals surface area contributed by atoms with Gasteiger partial charge in [0.2, 0.25) is 0 Å². The number of urea groups is 1. The van der Waals surface area contributed by atoms with Gasteiger partial charge in [-0.2, -0.15) is 0 Å². The summed E-state index contributed by atoms with van der Waals surface area (Å²) in [7, 11) is 0. The first-order chi connectivity index (χ1) is 10.5. The number of carboxylic acids is 1. The SMILES string of the molecule is O=C(O)[C@@H](Cc1ccc(Cl)cc1Cl)NC(=O)N1CCOCC1. The zero-order valence-corrected chi connectivity index (χ0v) is 13.2. The highest BCUT2D eigenvalue weighted by Gasteiger charge is 2.25. The first kappa shape index (κ1) is 16.9. The van der Waals surface area contributed by atoms with Crippen LogP contribution in [0.3, 0.4) is 0 Å². The molecule has 1 heterocycles. The summed E-state index contributed by atoms with van der Waals surface area (Å²) in [6, 6.07) is 3.35. The van der Waals surface area contributed by atoms with E-state index in [1.54, 1.807) is 18.2 Å². The standard InChI is InChI=1S/C14H16Cl2N2O4/c15-10-2-1-9(11(16)8-10)7-12(13(19)20)17-14(21)18-3-5-22-6-4-18/h1-2,8,12H,3-7H2,(H,17,21)(H,19,20)/t12-/m1/s1. The van der Waals surface area contributed by atoms with Crippen molar-refractivity contribution in [1.29, 1.82) is 0 Å². The van der Waals surface area contributed by atoms with Gasteiger partial charge >= 0.3 is 12.0 Å². The average molecular weight is 347 g/mol. The lowest BCUT2D eigenvalue weighted by Crippen LogP contribution is -2.51. The molecule has 1 saturated heterocycles. The quantitative estimate of drug-likeness (QED) is 0.874. The lowest BCUT2D eigenvalue weighted by atomic mass is 10.1. The van der Waals surface area contributed by atoms with Crippen LogP contribution in [0.2, 0.25) is 10.0 Å². The number of carbonyl (C=O) groups is 2. The fourth-order valence-electron chi connectivity index (χ4n) is 2.11. The summed E-state index contributed by atoms with van der Waals surface area (Å²) in [5.41, 5.74) is 0.612. The van der Waals surface area contributed by atoms with Crippen LogP contribution in [0.1, 0.15) is 5.56 Å². The molecule has 0 unspecified atom stereocenters. The summed E-state index contributed by atoms with van der Waals surface area (Å²) in [6.07, 6.45) is 0.0847. The first-order valence-electron chi connectivity index (χ1n) is 6.77. The van der Waals surface area contributed by atoms with Gasteiger partial charge in [-0.05, 0) is 17.7 Å². The largest absolute Gasteiger partial charge is 0.480 e. The van der Waals surface area contributed by atoms with E-state index in [1.165, 1.54) is 4.90 Å². The Bertz CT molecular complexity index is 562. The van der Waals surface area contributed by atoms with Gasteiger partial charge in [0, 0.05) is 29.6 Å². The summed E-state index contributed by atoms with van der Waals surface area (Å²) < 4.78 is 5.16. The van der Waals surface area contributed by atoms with Crippen molar-refractivity contribution in [2.45, 2.75) is 12.5 Å². The molecule has 0 bridgehead atoms. The van der Waals surface area contributed by atoms with E-state index >= 15 is 0 Å². The molecule has 6 nitrogen and oxygen atoms in total. The van der Waals surface area contributed by atoms with E-state index in [2.05, 4.69) is 5.32 Å². The topological polar surface area (TPSA) is 78.9 Å². The smallest absolute Gasteiger partial charge is 0.326 e. The fourth-order valence-corrected chi connectivity index (χ4v) is 2.60. The van der Waals surface area contributed by atoms with E-state index in [4.69, 9.17) is 27.9 Å². The molecule has 1 atom stereocenters. The van der Waals surface area contributed by atoms with Gasteiger partial charge < -0.3 is 20.1 Å². The average Bonchev–Trinajstić information content (AvgIpc) is 2.49. The van der Waals surface area contributed by atoms with Crippen LogP contribution >= 0.6 is 23.2 Å². The number of hydrogen-bond donors (Lipinski definition) is 2. The molecule has 22 heavy (non-hydrogen) atoms. The van der Waals surface area contributed by atoms with Crippen LogP contribution in [0.25, 0.3) is 0 Å². The van der Waals surface area contributed by atoms with Gasteiger partial charge in [0.25, 0.3) is 0 Å². The second kappa shape index (κ2) is 7.67. The van der Waals surface area contributed by atoms with E-state index in [9.17, 15) is 14.7 Å². The Labute approximate surface area is 137 Å². The van der Waals surface area contributed by atoms with Crippen molar-refractivity contribution in [1.82, 2.24) is 10.2 Å². The van der Waals surface area contributed by atoms with Gasteiger partial charge in [0.15, 0.2) is 0 Å². The number of carboxylic acid groups (broad SMARTS) is 1. The highest BCUT2D eigenvalue weighted by molar-refractivity contribution is 6.35. The summed E-state index contributed by atoms with van der Waals surface area (Å²) in [5, 5.41) is 12.7. The lowest BCUT2D eigenvalue weighted by Gasteiger charge is -2.28. The van der Waals surface area contributed by atoms with Crippen LogP contribution < -0.4 is 5.32 Å². The zero-order valence-electron chi connectivity index (χ0n) is 11.7. The number of nitrogens with one attached hydrogen (secondary N) is 1. The number of nitrogens with zero attached hydrogens (tertiary/aromatic N) is 1. The maximum absolute atomic E-state index is 12.1. The van der Waals surface area contributed by atoms with Crippen molar-refractivity contribution < 1.29 is 19.4 Å². The fraction of sp³-hybridized carbons (Fsp3) is 0.429. The predicted octanol–water partition coefficient (Wildman–Crippen LogP) is 2.03. The van der Waals surface area contributed by atoms with Gasteiger partial charge in [0.1, 0.15) is 6.04 Å². The second-order valence-corrected chi connectivity index (χ2v) is 5.72. The lowest BCUT2D eigenvalue weighted by molar-refractivity contribution is -0.139. The minimum absolute atomic E-state index is 0.0847. The zero-order chi connectivity index (χ0) is 16.1. The van der Waals surface area contributed by atoms with Gasteiger partial charge in [-0.1, -0.05) is 29.3 Å². The maximum atomic E-state index is 12.1. The molecular formula is C14H16Cl2N2O4. The van der Waals surface area contributed by atoms with E-state index in [0.29, 0.717) is 41.9 Å². The molecule has 0 aliphatic carbocycles. The summed E-state index contributed by atoms with van der Waals surface area (Å²) in [4.78, 5) is 25.0. The van der Waals surface area contributed by atoms with Gasteiger partial charge in [0.05, 0.1) is 13.2 Å². The molecule has 2 amide bonds. The Morgan fingerprint density at radius 2 is 2.00 bits per heavy atom. The highest BCUT2D eigenvalue weighted by Crippen LogP contribution is 2.22. The molecule has 1 aromatic rings. The van der Waals surface area contributed by atoms with Gasteiger partial charge in [-0.25, -0.2) is 9.59 Å². The van der Waals surface area contributed by atoms with Crippen molar-refractivity contribution in [3.8, 4) is 0 Å². The number of benzene rings is 1. The van der Waals surface area contributed by atoms with Crippen LogP contribution in [-0.2, 0) is 16.0 Å². The monoisotopic (exact) mass is 346 g/mol. The Kier molecular flexibility index (Phi) is 5.88. The van der Waals surface area contributed by atoms with Crippen LogP contribution in [0.4, 0.5) is 4.79 Å². The molecule has 1 fully saturated rings. The predicted molar refractivity (Wildman–Crippen MR) is 82.5 cm³/mol. The summed E-state index contributed by atoms with van der Waals surface area (Å²) in [5.74, 6) is -1.12. The van der Waals surface area contributed by atoms with Gasteiger partial charge in [-0.15, -0.1) is 0 Å². The van der Waals surface area contributed by atoms with Crippen LogP contribution in [-0.4, -0.2) is 54.4 Å². The minimum Gasteiger partial charge on any atom is -0.480 e. The van der Waals surface area contributed by atoms with E-state index in [0.717, 1.165) is 0 Å². The normalized spacial score (nSPS) is 16.2. The van der Waals surface area contributed by atoms with E-state index < -0.39 is 18.0 Å². The molecule has 2 rings (SSSR count). The van der Waals surface area contributed by atoms with Crippen LogP contribution in [0, 0.1) is 0 Å². The highest BCUT2D eigenvalue weighted by atomic mass is 35.5. The van der Waals surface area contributed by atoms with Crippen molar-refractivity contribution in [2.75, 3.05) is 26.3 Å². The molecule has 0 radical (unpaired) electrons. The number of amides is 2. The van der Waals surface area contributed by atoms with Crippen molar-refractivity contribution in [2.24, 2.45) is 0 Å². The molecule has 1 aromatic carbocycles. The third-order valence-corrected chi connectivity index (χ3v) is 3.92. The minimum atomic E-state index is -1.12. The number of morpholine rings is 1. The number of ether oxygens (including phenoxy) is 1. The number of carbonyl (C=O) groups excluding carboxylic acids is 1. The molecule has 1 aliphatic rings. The molecule has 0 spiro atoms. The number of halogens is 2. The number of rotatable bonds is 4. The molecule has 0 saturated carbocycles. The molecule has 1 aliphatic heterocycles. The Morgan fingerprint density at radius 3 is 2.59 bits per heavy atom. The van der Waals surface area contributed by atoms with E-state index in [-0.39, 0.29) is 6.42 Å². The Balaban J connectivity index is 2.03. The molecule has 0 aromatic heterocycles. The Morgan fingerprint density at radius 1 is 1.32 bits per heavy atom. The van der Waals surface area contributed by atoms with Gasteiger partial charge in [-0.3, -0.25) is 0 Å². The molecule has 2 N–H and O–H groups in total. The summed E-state index contributed by atoms with van der Waals surface area (Å²) >= 11 is 11.9. The first-order valence-corrected chi connectivity index (χ1v) is 7.53. The Hall–Kier alpha value is -1.50. The number of aliphatic carboxylic acids is 1. The van der Waals surface area contributed by atoms with Crippen LogP contribution in [0.15, 0.2) is 18.2 Å². The maximum Gasteiger partial charge on any atom is 0.326 e. The van der Waals surface area contributed by atoms with Crippen molar-refractivity contribution in [3.63, 3.8) is 0 Å². The van der Waals surface area contributed by atoms with E-state index in [1.807, 2.05) is 0 Å². The molecule has 8 heteroatoms. The third-order valence-electron chi connectivity index (χ3n) is 3.33. The van der Waals surface area contributed by atoms with Crippen LogP contribution in [0.5, 0.6) is 0 Å². The van der Waals surface area contributed by atoms with Crippen molar-refractivity contribution >= 4 is 35.2 Å². The second-order valence-electron chi connectivity index (χ2n) is 4.88. The third kappa shape index (κ3) is 4.50. The summed E-state index contributed by atoms with van der Waals surface area (Å²) in [6.45, 7) is 1.79. The molecular weight excluding hydrogens is 331 g/mol. The van der Waals surface area contributed by atoms with Crippen molar-refractivity contribution in [3.05, 3.63) is 33.8 Å². The molecule has 120 valence electrons.